The lowest BCUT2D eigenvalue weighted by molar-refractivity contribution is 0.0290. The van der Waals surface area contributed by atoms with Crippen molar-refractivity contribution in [2.24, 2.45) is 5.41 Å². The number of nitrogens with zero attached hydrogens (tertiary/aromatic N) is 2. The fraction of sp³-hybridized carbons (Fsp3) is 0.483. The van der Waals surface area contributed by atoms with Crippen LogP contribution in [-0.4, -0.2) is 46.1 Å². The summed E-state index contributed by atoms with van der Waals surface area (Å²) in [6.07, 6.45) is 6.06. The summed E-state index contributed by atoms with van der Waals surface area (Å²) in [5, 5.41) is 8.80. The average Bonchev–Trinajstić information content (AvgIpc) is 2.82. The summed E-state index contributed by atoms with van der Waals surface area (Å²) in [5.41, 5.74) is 8.16. The Morgan fingerprint density at radius 2 is 1.71 bits per heavy atom. The van der Waals surface area contributed by atoms with Crippen LogP contribution in [0.3, 0.4) is 0 Å². The van der Waals surface area contributed by atoms with Gasteiger partial charge in [-0.15, -0.1) is 0 Å². The lowest BCUT2D eigenvalue weighted by atomic mass is 9.76. The van der Waals surface area contributed by atoms with Gasteiger partial charge in [-0.05, 0) is 72.9 Å². The van der Waals surface area contributed by atoms with Crippen molar-refractivity contribution in [3.05, 3.63) is 76.9 Å². The monoisotopic (exact) mass is 461 g/mol. The molecular weight excluding hydrogens is 422 g/mol. The lowest BCUT2D eigenvalue weighted by Gasteiger charge is -2.45. The molecule has 1 heterocycles. The molecule has 0 aromatic heterocycles. The minimum Gasteiger partial charge on any atom is -0.296 e. The highest BCUT2D eigenvalue weighted by Crippen LogP contribution is 2.39. The van der Waals surface area contributed by atoms with Gasteiger partial charge in [-0.2, -0.15) is 0 Å². The molecule has 0 spiro atoms. The molecule has 1 fully saturated rings. The molecule has 5 heteroatoms. The molecule has 34 heavy (non-hydrogen) atoms. The number of carbonyl (C=O) groups is 1. The highest BCUT2D eigenvalue weighted by Gasteiger charge is 2.30. The van der Waals surface area contributed by atoms with Crippen LogP contribution in [0, 0.1) is 5.41 Å². The lowest BCUT2D eigenvalue weighted by Crippen LogP contribution is -2.55. The summed E-state index contributed by atoms with van der Waals surface area (Å²) < 4.78 is 0. The number of rotatable bonds is 6. The summed E-state index contributed by atoms with van der Waals surface area (Å²) in [5.74, 6) is -0.476. The second-order valence-corrected chi connectivity index (χ2v) is 11.0. The molecule has 182 valence electrons. The Balaban J connectivity index is 1.41. The summed E-state index contributed by atoms with van der Waals surface area (Å²) in [6, 6.07) is 17.4. The van der Waals surface area contributed by atoms with E-state index >= 15 is 0 Å². The number of benzene rings is 2. The maximum Gasteiger partial charge on any atom is 0.274 e. The first-order valence-corrected chi connectivity index (χ1v) is 12.5. The number of hydrogen-bond donors (Lipinski definition) is 2. The highest BCUT2D eigenvalue weighted by molar-refractivity contribution is 5.93. The first-order chi connectivity index (χ1) is 16.3. The normalized spacial score (nSPS) is 23.4. The third-order valence-electron chi connectivity index (χ3n) is 7.59. The van der Waals surface area contributed by atoms with E-state index in [0.29, 0.717) is 23.1 Å². The maximum absolute atomic E-state index is 11.6. The average molecular weight is 462 g/mol. The smallest absolute Gasteiger partial charge is 0.274 e. The molecule has 2 aromatic carbocycles. The molecule has 2 aliphatic rings. The number of allylic oxidation sites excluding steroid dienone is 2. The molecule has 0 bridgehead atoms. The number of hydroxylamine groups is 1. The van der Waals surface area contributed by atoms with Crippen LogP contribution in [0.2, 0.25) is 0 Å². The Bertz CT molecular complexity index is 1020. The number of nitrogens with one attached hydrogen (secondary N) is 1. The van der Waals surface area contributed by atoms with Gasteiger partial charge in [0.25, 0.3) is 5.91 Å². The summed E-state index contributed by atoms with van der Waals surface area (Å²) in [7, 11) is 0. The number of hydrogen-bond acceptors (Lipinski definition) is 4. The second-order valence-electron chi connectivity index (χ2n) is 11.0. The van der Waals surface area contributed by atoms with Crippen LogP contribution in [0.15, 0.2) is 54.6 Å². The first kappa shape index (κ1) is 24.6. The number of piperazine rings is 1. The first-order valence-electron chi connectivity index (χ1n) is 12.5. The van der Waals surface area contributed by atoms with Crippen LogP contribution >= 0.6 is 0 Å². The van der Waals surface area contributed by atoms with Gasteiger partial charge >= 0.3 is 0 Å². The third-order valence-corrected chi connectivity index (χ3v) is 7.59. The van der Waals surface area contributed by atoms with Crippen molar-refractivity contribution in [1.82, 2.24) is 15.3 Å². The van der Waals surface area contributed by atoms with E-state index in [4.69, 9.17) is 5.21 Å². The van der Waals surface area contributed by atoms with Crippen LogP contribution < -0.4 is 5.48 Å². The van der Waals surface area contributed by atoms with Crippen molar-refractivity contribution < 1.29 is 10.0 Å². The Morgan fingerprint density at radius 3 is 2.32 bits per heavy atom. The fourth-order valence-corrected chi connectivity index (χ4v) is 5.48. The van der Waals surface area contributed by atoms with Gasteiger partial charge in [0.2, 0.25) is 0 Å². The molecule has 1 amide bonds. The number of amides is 1. The Morgan fingerprint density at radius 1 is 1.03 bits per heavy atom. The van der Waals surface area contributed by atoms with E-state index in [2.05, 4.69) is 67.8 Å². The standard InChI is InChI=1S/C29H39N3O2/c1-21-17-31(19-23-9-11-25(12-10-23)28(33)30-34)18-22(2)32(21)20-26-7-5-6-8-27(26)24-13-15-29(3,4)16-14-24/h5-13,21-22,34H,14-20H2,1-4H3,(H,30,33). The molecule has 2 aromatic rings. The Kier molecular flexibility index (Phi) is 7.56. The Hall–Kier alpha value is -2.47. The zero-order chi connectivity index (χ0) is 24.3. The molecule has 5 nitrogen and oxygen atoms in total. The largest absolute Gasteiger partial charge is 0.296 e. The van der Waals surface area contributed by atoms with Crippen LogP contribution in [0.25, 0.3) is 5.57 Å². The van der Waals surface area contributed by atoms with Crippen molar-refractivity contribution in [2.45, 2.75) is 72.1 Å². The quantitative estimate of drug-likeness (QED) is 0.441. The topological polar surface area (TPSA) is 55.8 Å². The van der Waals surface area contributed by atoms with E-state index in [0.717, 1.165) is 32.6 Å². The van der Waals surface area contributed by atoms with Gasteiger partial charge in [0.05, 0.1) is 0 Å². The van der Waals surface area contributed by atoms with E-state index in [1.165, 1.54) is 35.1 Å². The molecule has 1 saturated heterocycles. The van der Waals surface area contributed by atoms with E-state index in [1.54, 1.807) is 17.6 Å². The van der Waals surface area contributed by atoms with Crippen LogP contribution in [0.4, 0.5) is 0 Å². The van der Waals surface area contributed by atoms with Crippen molar-refractivity contribution in [3.8, 4) is 0 Å². The summed E-state index contributed by atoms with van der Waals surface area (Å²) >= 11 is 0. The van der Waals surface area contributed by atoms with Gasteiger partial charge in [0, 0.05) is 43.8 Å². The van der Waals surface area contributed by atoms with E-state index in [1.807, 2.05) is 12.1 Å². The molecule has 1 aliphatic heterocycles. The zero-order valence-electron chi connectivity index (χ0n) is 21.1. The molecule has 0 radical (unpaired) electrons. The van der Waals surface area contributed by atoms with Crippen molar-refractivity contribution >= 4 is 11.5 Å². The van der Waals surface area contributed by atoms with Gasteiger partial charge in [-0.3, -0.25) is 19.8 Å². The maximum atomic E-state index is 11.6. The molecule has 1 aliphatic carbocycles. The minimum absolute atomic E-state index is 0.420. The van der Waals surface area contributed by atoms with Crippen molar-refractivity contribution in [2.75, 3.05) is 13.1 Å². The molecule has 0 saturated carbocycles. The van der Waals surface area contributed by atoms with Gasteiger partial charge in [-0.1, -0.05) is 56.3 Å². The summed E-state index contributed by atoms with van der Waals surface area (Å²) in [4.78, 5) is 16.7. The number of carbonyl (C=O) groups excluding carboxylic acids is 1. The van der Waals surface area contributed by atoms with Gasteiger partial charge in [0.1, 0.15) is 0 Å². The van der Waals surface area contributed by atoms with Crippen molar-refractivity contribution in [1.29, 1.82) is 0 Å². The van der Waals surface area contributed by atoms with Crippen molar-refractivity contribution in [3.63, 3.8) is 0 Å². The van der Waals surface area contributed by atoms with E-state index in [-0.39, 0.29) is 0 Å². The predicted molar refractivity (Wildman–Crippen MR) is 137 cm³/mol. The highest BCUT2D eigenvalue weighted by atomic mass is 16.5. The van der Waals surface area contributed by atoms with Crippen LogP contribution in [-0.2, 0) is 13.1 Å². The zero-order valence-corrected chi connectivity index (χ0v) is 21.1. The van der Waals surface area contributed by atoms with E-state index < -0.39 is 5.91 Å². The van der Waals surface area contributed by atoms with Crippen LogP contribution in [0.1, 0.15) is 74.0 Å². The minimum atomic E-state index is -0.476. The SMILES string of the molecule is CC1CN(Cc2ccc(C(=O)NO)cc2)CC(C)N1Cc1ccccc1C1=CCC(C)(C)CC1. The van der Waals surface area contributed by atoms with Gasteiger partial charge < -0.3 is 0 Å². The van der Waals surface area contributed by atoms with Gasteiger partial charge in [0.15, 0.2) is 0 Å². The molecule has 2 N–H and O–H groups in total. The molecule has 2 unspecified atom stereocenters. The summed E-state index contributed by atoms with van der Waals surface area (Å²) in [6.45, 7) is 13.3. The molecule has 2 atom stereocenters. The second kappa shape index (κ2) is 10.4. The Labute approximate surface area is 204 Å². The fourth-order valence-electron chi connectivity index (χ4n) is 5.48. The third kappa shape index (κ3) is 5.77. The van der Waals surface area contributed by atoms with Crippen LogP contribution in [0.5, 0.6) is 0 Å². The molecule has 4 rings (SSSR count). The molecular formula is C29H39N3O2. The van der Waals surface area contributed by atoms with Gasteiger partial charge in [-0.25, -0.2) is 5.48 Å². The van der Waals surface area contributed by atoms with E-state index in [9.17, 15) is 4.79 Å². The predicted octanol–water partition coefficient (Wildman–Crippen LogP) is 5.49.